The standard InChI is InChI=1S/C18H22N4OS/c1-24-12-13-6-5-9-22(11-13)17(23)15-10-20-18(19)21-16(15)14-7-3-2-4-8-14/h2-4,7-8,10,13H,5-6,9,11-12H2,1H3,(H2,19,20,21)/t13-/m1/s1. The summed E-state index contributed by atoms with van der Waals surface area (Å²) in [5.74, 6) is 1.84. The van der Waals surface area contributed by atoms with Crippen LogP contribution in [0.2, 0.25) is 0 Å². The van der Waals surface area contributed by atoms with Crippen LogP contribution in [0.3, 0.4) is 0 Å². The first-order valence-electron chi connectivity index (χ1n) is 8.15. The lowest BCUT2D eigenvalue weighted by atomic mass is 9.98. The van der Waals surface area contributed by atoms with Gasteiger partial charge < -0.3 is 10.6 Å². The van der Waals surface area contributed by atoms with Gasteiger partial charge in [-0.3, -0.25) is 4.79 Å². The van der Waals surface area contributed by atoms with Gasteiger partial charge in [0.15, 0.2) is 0 Å². The van der Waals surface area contributed by atoms with Crippen molar-refractivity contribution in [3.05, 3.63) is 42.1 Å². The van der Waals surface area contributed by atoms with Crippen molar-refractivity contribution in [1.29, 1.82) is 0 Å². The molecule has 24 heavy (non-hydrogen) atoms. The number of anilines is 1. The van der Waals surface area contributed by atoms with Crippen molar-refractivity contribution in [1.82, 2.24) is 14.9 Å². The van der Waals surface area contributed by atoms with Gasteiger partial charge in [0.05, 0.1) is 11.3 Å². The minimum atomic E-state index is -0.000318. The van der Waals surface area contributed by atoms with Crippen molar-refractivity contribution in [2.24, 2.45) is 5.92 Å². The van der Waals surface area contributed by atoms with Crippen LogP contribution in [0.15, 0.2) is 36.5 Å². The molecule has 0 unspecified atom stereocenters. The van der Waals surface area contributed by atoms with E-state index in [0.717, 1.165) is 30.8 Å². The van der Waals surface area contributed by atoms with Gasteiger partial charge in [0.25, 0.3) is 5.91 Å². The number of rotatable bonds is 4. The molecular weight excluding hydrogens is 320 g/mol. The molecule has 1 aromatic carbocycles. The zero-order valence-electron chi connectivity index (χ0n) is 13.8. The van der Waals surface area contributed by atoms with E-state index < -0.39 is 0 Å². The van der Waals surface area contributed by atoms with Crippen molar-refractivity contribution < 1.29 is 4.79 Å². The zero-order chi connectivity index (χ0) is 16.9. The molecule has 3 rings (SSSR count). The normalized spacial score (nSPS) is 17.7. The van der Waals surface area contributed by atoms with E-state index in [0.29, 0.717) is 17.2 Å². The maximum atomic E-state index is 13.1. The van der Waals surface area contributed by atoms with Crippen molar-refractivity contribution in [3.63, 3.8) is 0 Å². The highest BCUT2D eigenvalue weighted by Gasteiger charge is 2.26. The number of nitrogen functional groups attached to an aromatic ring is 1. The van der Waals surface area contributed by atoms with E-state index in [9.17, 15) is 4.79 Å². The molecule has 1 amide bonds. The molecule has 1 aromatic heterocycles. The Kier molecular flexibility index (Phi) is 5.35. The summed E-state index contributed by atoms with van der Waals surface area (Å²) in [6.45, 7) is 1.60. The number of nitrogens with two attached hydrogens (primary N) is 1. The molecule has 2 N–H and O–H groups in total. The van der Waals surface area contributed by atoms with Crippen LogP contribution in [0.1, 0.15) is 23.2 Å². The van der Waals surface area contributed by atoms with Gasteiger partial charge in [-0.05, 0) is 30.8 Å². The Morgan fingerprint density at radius 2 is 2.17 bits per heavy atom. The lowest BCUT2D eigenvalue weighted by Gasteiger charge is -2.32. The van der Waals surface area contributed by atoms with Crippen LogP contribution in [0.4, 0.5) is 5.95 Å². The second-order valence-corrected chi connectivity index (χ2v) is 6.98. The molecule has 5 nitrogen and oxygen atoms in total. The summed E-state index contributed by atoms with van der Waals surface area (Å²) in [6.07, 6.45) is 5.91. The van der Waals surface area contributed by atoms with Crippen LogP contribution in [-0.2, 0) is 0 Å². The Labute approximate surface area is 146 Å². The summed E-state index contributed by atoms with van der Waals surface area (Å²) in [6, 6.07) is 9.67. The second kappa shape index (κ2) is 7.66. The monoisotopic (exact) mass is 342 g/mol. The number of thioether (sulfide) groups is 1. The number of carbonyl (C=O) groups is 1. The average Bonchev–Trinajstić information content (AvgIpc) is 2.62. The van der Waals surface area contributed by atoms with Crippen molar-refractivity contribution in [2.45, 2.75) is 12.8 Å². The Balaban J connectivity index is 1.90. The lowest BCUT2D eigenvalue weighted by molar-refractivity contribution is 0.0685. The van der Waals surface area contributed by atoms with E-state index >= 15 is 0 Å². The highest BCUT2D eigenvalue weighted by Crippen LogP contribution is 2.26. The van der Waals surface area contributed by atoms with Gasteiger partial charge in [-0.2, -0.15) is 11.8 Å². The van der Waals surface area contributed by atoms with E-state index in [1.165, 1.54) is 6.42 Å². The number of amides is 1. The molecular formula is C18H22N4OS. The number of carbonyl (C=O) groups excluding carboxylic acids is 1. The largest absolute Gasteiger partial charge is 0.368 e. The molecule has 1 atom stereocenters. The van der Waals surface area contributed by atoms with E-state index in [4.69, 9.17) is 5.73 Å². The van der Waals surface area contributed by atoms with Gasteiger partial charge >= 0.3 is 0 Å². The Morgan fingerprint density at radius 3 is 2.92 bits per heavy atom. The van der Waals surface area contributed by atoms with Crippen LogP contribution >= 0.6 is 11.8 Å². The predicted octanol–water partition coefficient (Wildman–Crippen LogP) is 2.94. The molecule has 0 radical (unpaired) electrons. The van der Waals surface area contributed by atoms with Crippen LogP contribution in [0, 0.1) is 5.92 Å². The minimum absolute atomic E-state index is 0.000318. The Bertz CT molecular complexity index is 705. The van der Waals surface area contributed by atoms with Crippen LogP contribution in [0.5, 0.6) is 0 Å². The minimum Gasteiger partial charge on any atom is -0.368 e. The fourth-order valence-electron chi connectivity index (χ4n) is 3.16. The van der Waals surface area contributed by atoms with Gasteiger partial charge in [0.2, 0.25) is 5.95 Å². The molecule has 126 valence electrons. The third-order valence-electron chi connectivity index (χ3n) is 4.29. The summed E-state index contributed by atoms with van der Waals surface area (Å²) >= 11 is 1.84. The number of aromatic nitrogens is 2. The number of hydrogen-bond acceptors (Lipinski definition) is 5. The van der Waals surface area contributed by atoms with Crippen molar-refractivity contribution in [3.8, 4) is 11.3 Å². The van der Waals surface area contributed by atoms with E-state index in [2.05, 4.69) is 16.2 Å². The molecule has 1 saturated heterocycles. The summed E-state index contributed by atoms with van der Waals surface area (Å²) in [5.41, 5.74) is 7.78. The van der Waals surface area contributed by atoms with Crippen molar-refractivity contribution in [2.75, 3.05) is 30.8 Å². The smallest absolute Gasteiger partial charge is 0.257 e. The van der Waals surface area contributed by atoms with Crippen LogP contribution in [-0.4, -0.2) is 45.9 Å². The highest BCUT2D eigenvalue weighted by molar-refractivity contribution is 7.98. The average molecular weight is 342 g/mol. The fourth-order valence-corrected chi connectivity index (χ4v) is 3.90. The first-order valence-corrected chi connectivity index (χ1v) is 9.54. The van der Waals surface area contributed by atoms with E-state index in [-0.39, 0.29) is 11.9 Å². The molecule has 0 bridgehead atoms. The number of piperidine rings is 1. The summed E-state index contributed by atoms with van der Waals surface area (Å²) in [4.78, 5) is 23.4. The van der Waals surface area contributed by atoms with E-state index in [1.54, 1.807) is 6.20 Å². The van der Waals surface area contributed by atoms with Crippen LogP contribution < -0.4 is 5.73 Å². The lowest BCUT2D eigenvalue weighted by Crippen LogP contribution is -2.41. The van der Waals surface area contributed by atoms with Crippen LogP contribution in [0.25, 0.3) is 11.3 Å². The molecule has 0 saturated carbocycles. The Hall–Kier alpha value is -2.08. The second-order valence-electron chi connectivity index (χ2n) is 6.07. The number of nitrogens with zero attached hydrogens (tertiary/aromatic N) is 3. The molecule has 2 aromatic rings. The molecule has 0 aliphatic carbocycles. The zero-order valence-corrected chi connectivity index (χ0v) is 14.6. The maximum Gasteiger partial charge on any atom is 0.257 e. The van der Waals surface area contributed by atoms with Gasteiger partial charge in [-0.25, -0.2) is 9.97 Å². The molecule has 1 fully saturated rings. The van der Waals surface area contributed by atoms with Gasteiger partial charge in [-0.15, -0.1) is 0 Å². The molecule has 0 spiro atoms. The Morgan fingerprint density at radius 1 is 1.38 bits per heavy atom. The van der Waals surface area contributed by atoms with Gasteiger partial charge in [0.1, 0.15) is 0 Å². The third kappa shape index (κ3) is 3.70. The molecule has 6 heteroatoms. The third-order valence-corrected chi connectivity index (χ3v) is 5.10. The highest BCUT2D eigenvalue weighted by atomic mass is 32.2. The number of benzene rings is 1. The molecule has 2 heterocycles. The van der Waals surface area contributed by atoms with Gasteiger partial charge in [-0.1, -0.05) is 30.3 Å². The molecule has 1 aliphatic heterocycles. The topological polar surface area (TPSA) is 72.1 Å². The first-order chi connectivity index (χ1) is 11.7. The first kappa shape index (κ1) is 16.8. The summed E-state index contributed by atoms with van der Waals surface area (Å²) < 4.78 is 0. The summed E-state index contributed by atoms with van der Waals surface area (Å²) in [5, 5.41) is 0. The van der Waals surface area contributed by atoms with Gasteiger partial charge in [0, 0.05) is 24.8 Å². The quantitative estimate of drug-likeness (QED) is 0.925. The maximum absolute atomic E-state index is 13.1. The number of likely N-dealkylation sites (tertiary alicyclic amines) is 1. The predicted molar refractivity (Wildman–Crippen MR) is 98.9 cm³/mol. The summed E-state index contributed by atoms with van der Waals surface area (Å²) in [7, 11) is 0. The number of hydrogen-bond donors (Lipinski definition) is 1. The SMILES string of the molecule is CSC[C@@H]1CCCN(C(=O)c2cnc(N)nc2-c2ccccc2)C1. The fraction of sp³-hybridized carbons (Fsp3) is 0.389. The molecule has 1 aliphatic rings. The van der Waals surface area contributed by atoms with Crippen molar-refractivity contribution >= 4 is 23.6 Å². The van der Waals surface area contributed by atoms with E-state index in [1.807, 2.05) is 47.0 Å².